The van der Waals surface area contributed by atoms with Gasteiger partial charge < -0.3 is 9.47 Å². The summed E-state index contributed by atoms with van der Waals surface area (Å²) in [5.41, 5.74) is 1.17. The van der Waals surface area contributed by atoms with E-state index < -0.39 is 0 Å². The van der Waals surface area contributed by atoms with Crippen molar-refractivity contribution in [1.82, 2.24) is 0 Å². The van der Waals surface area contributed by atoms with Gasteiger partial charge in [0.1, 0.15) is 17.6 Å². The van der Waals surface area contributed by atoms with E-state index in [0.29, 0.717) is 0 Å². The lowest BCUT2D eigenvalue weighted by molar-refractivity contribution is 0.226. The van der Waals surface area contributed by atoms with E-state index in [1.165, 1.54) is 5.56 Å². The molecular formula is C15H16O2. The van der Waals surface area contributed by atoms with Crippen molar-refractivity contribution in [2.45, 2.75) is 13.0 Å². The van der Waals surface area contributed by atoms with Crippen molar-refractivity contribution in [1.29, 1.82) is 0 Å². The van der Waals surface area contributed by atoms with Gasteiger partial charge in [0.15, 0.2) is 0 Å². The largest absolute Gasteiger partial charge is 0.497 e. The summed E-state index contributed by atoms with van der Waals surface area (Å²) in [6.45, 7) is 2.04. The summed E-state index contributed by atoms with van der Waals surface area (Å²) >= 11 is 0. The van der Waals surface area contributed by atoms with Crippen LogP contribution in [0.5, 0.6) is 11.5 Å². The first-order valence-electron chi connectivity index (χ1n) is 5.65. The first-order chi connectivity index (χ1) is 8.29. The van der Waals surface area contributed by atoms with Crippen LogP contribution >= 0.6 is 0 Å². The molecule has 0 radical (unpaired) electrons. The molecule has 0 aliphatic carbocycles. The molecule has 1 unspecified atom stereocenters. The van der Waals surface area contributed by atoms with Gasteiger partial charge in [0.05, 0.1) is 7.11 Å². The van der Waals surface area contributed by atoms with E-state index in [0.717, 1.165) is 11.5 Å². The molecule has 0 saturated heterocycles. The van der Waals surface area contributed by atoms with Gasteiger partial charge >= 0.3 is 0 Å². The molecule has 0 aliphatic heterocycles. The molecule has 1 atom stereocenters. The number of hydrogen-bond acceptors (Lipinski definition) is 2. The lowest BCUT2D eigenvalue weighted by Crippen LogP contribution is -2.02. The number of hydrogen-bond donors (Lipinski definition) is 0. The van der Waals surface area contributed by atoms with Gasteiger partial charge in [0.25, 0.3) is 0 Å². The third kappa shape index (κ3) is 3.00. The fraction of sp³-hybridized carbons (Fsp3) is 0.200. The SMILES string of the molecule is COc1ccc(OC(C)c2ccccc2)cc1. The molecule has 0 heterocycles. The second-order valence-electron chi connectivity index (χ2n) is 3.85. The monoisotopic (exact) mass is 228 g/mol. The van der Waals surface area contributed by atoms with Gasteiger partial charge in [0, 0.05) is 0 Å². The normalized spacial score (nSPS) is 11.9. The van der Waals surface area contributed by atoms with Crippen LogP contribution in [-0.2, 0) is 0 Å². The molecule has 0 aromatic heterocycles. The van der Waals surface area contributed by atoms with Crippen molar-refractivity contribution in [3.63, 3.8) is 0 Å². The molecule has 2 rings (SSSR count). The van der Waals surface area contributed by atoms with Crippen LogP contribution in [0, 0.1) is 0 Å². The molecule has 17 heavy (non-hydrogen) atoms. The maximum absolute atomic E-state index is 5.84. The lowest BCUT2D eigenvalue weighted by Gasteiger charge is -2.15. The second-order valence-corrected chi connectivity index (χ2v) is 3.85. The number of benzene rings is 2. The minimum atomic E-state index is 0.0459. The summed E-state index contributed by atoms with van der Waals surface area (Å²) in [5.74, 6) is 1.69. The zero-order valence-electron chi connectivity index (χ0n) is 10.1. The van der Waals surface area contributed by atoms with Gasteiger partial charge in [-0.25, -0.2) is 0 Å². The van der Waals surface area contributed by atoms with Crippen molar-refractivity contribution >= 4 is 0 Å². The predicted molar refractivity (Wildman–Crippen MR) is 68.5 cm³/mol. The van der Waals surface area contributed by atoms with Gasteiger partial charge in [-0.05, 0) is 36.8 Å². The summed E-state index contributed by atoms with van der Waals surface area (Å²) < 4.78 is 10.9. The molecule has 0 bridgehead atoms. The topological polar surface area (TPSA) is 18.5 Å². The maximum atomic E-state index is 5.84. The quantitative estimate of drug-likeness (QED) is 0.791. The van der Waals surface area contributed by atoms with Crippen LogP contribution in [0.15, 0.2) is 54.6 Å². The zero-order valence-corrected chi connectivity index (χ0v) is 10.1. The Morgan fingerprint density at radius 3 is 2.00 bits per heavy atom. The predicted octanol–water partition coefficient (Wildman–Crippen LogP) is 3.84. The Bertz CT molecular complexity index is 448. The van der Waals surface area contributed by atoms with Gasteiger partial charge in [-0.2, -0.15) is 0 Å². The average molecular weight is 228 g/mol. The highest BCUT2D eigenvalue weighted by Gasteiger charge is 2.06. The molecule has 2 heteroatoms. The van der Waals surface area contributed by atoms with Crippen molar-refractivity contribution in [2.75, 3.05) is 7.11 Å². The minimum Gasteiger partial charge on any atom is -0.497 e. The minimum absolute atomic E-state index is 0.0459. The highest BCUT2D eigenvalue weighted by atomic mass is 16.5. The third-order valence-electron chi connectivity index (χ3n) is 2.64. The molecule has 0 amide bonds. The van der Waals surface area contributed by atoms with Crippen LogP contribution in [0.1, 0.15) is 18.6 Å². The fourth-order valence-corrected chi connectivity index (χ4v) is 1.65. The fourth-order valence-electron chi connectivity index (χ4n) is 1.65. The van der Waals surface area contributed by atoms with Crippen molar-refractivity contribution in [3.8, 4) is 11.5 Å². The second kappa shape index (κ2) is 5.39. The third-order valence-corrected chi connectivity index (χ3v) is 2.64. The zero-order chi connectivity index (χ0) is 12.1. The molecule has 0 aliphatic rings. The Hall–Kier alpha value is -1.96. The number of ether oxygens (including phenoxy) is 2. The first-order valence-corrected chi connectivity index (χ1v) is 5.65. The highest BCUT2D eigenvalue weighted by molar-refractivity contribution is 5.31. The molecule has 2 aromatic rings. The molecule has 0 fully saturated rings. The molecule has 2 aromatic carbocycles. The Kier molecular flexibility index (Phi) is 3.66. The van der Waals surface area contributed by atoms with Gasteiger partial charge in [-0.1, -0.05) is 30.3 Å². The van der Waals surface area contributed by atoms with E-state index >= 15 is 0 Å². The summed E-state index contributed by atoms with van der Waals surface area (Å²) in [5, 5.41) is 0. The summed E-state index contributed by atoms with van der Waals surface area (Å²) in [4.78, 5) is 0. The molecule has 0 N–H and O–H groups in total. The maximum Gasteiger partial charge on any atom is 0.121 e. The smallest absolute Gasteiger partial charge is 0.121 e. The van der Waals surface area contributed by atoms with E-state index in [1.54, 1.807) is 7.11 Å². The van der Waals surface area contributed by atoms with Crippen molar-refractivity contribution in [3.05, 3.63) is 60.2 Å². The molecule has 0 saturated carbocycles. The Labute approximate surface area is 102 Å². The summed E-state index contributed by atoms with van der Waals surface area (Å²) in [6.07, 6.45) is 0.0459. The van der Waals surface area contributed by atoms with Crippen LogP contribution in [0.3, 0.4) is 0 Å². The van der Waals surface area contributed by atoms with Gasteiger partial charge in [0.2, 0.25) is 0 Å². The molecule has 88 valence electrons. The van der Waals surface area contributed by atoms with Crippen LogP contribution < -0.4 is 9.47 Å². The van der Waals surface area contributed by atoms with E-state index in [4.69, 9.17) is 9.47 Å². The Morgan fingerprint density at radius 1 is 0.824 bits per heavy atom. The van der Waals surface area contributed by atoms with Crippen molar-refractivity contribution in [2.24, 2.45) is 0 Å². The summed E-state index contributed by atoms with van der Waals surface area (Å²) in [6, 6.07) is 17.8. The van der Waals surface area contributed by atoms with E-state index in [-0.39, 0.29) is 6.10 Å². The van der Waals surface area contributed by atoms with E-state index in [9.17, 15) is 0 Å². The number of methoxy groups -OCH3 is 1. The van der Waals surface area contributed by atoms with Crippen LogP contribution in [0.25, 0.3) is 0 Å². The standard InChI is InChI=1S/C15H16O2/c1-12(13-6-4-3-5-7-13)17-15-10-8-14(16-2)9-11-15/h3-12H,1-2H3. The van der Waals surface area contributed by atoms with Crippen molar-refractivity contribution < 1.29 is 9.47 Å². The molecule has 2 nitrogen and oxygen atoms in total. The molecule has 0 spiro atoms. The number of rotatable bonds is 4. The van der Waals surface area contributed by atoms with Crippen LogP contribution in [0.2, 0.25) is 0 Å². The Balaban J connectivity index is 2.05. The highest BCUT2D eigenvalue weighted by Crippen LogP contribution is 2.23. The van der Waals surface area contributed by atoms with Crippen LogP contribution in [0.4, 0.5) is 0 Å². The van der Waals surface area contributed by atoms with Gasteiger partial charge in [-0.3, -0.25) is 0 Å². The van der Waals surface area contributed by atoms with E-state index in [1.807, 2.05) is 49.4 Å². The van der Waals surface area contributed by atoms with Crippen LogP contribution in [-0.4, -0.2) is 7.11 Å². The summed E-state index contributed by atoms with van der Waals surface area (Å²) in [7, 11) is 1.66. The lowest BCUT2D eigenvalue weighted by atomic mass is 10.1. The Morgan fingerprint density at radius 2 is 1.41 bits per heavy atom. The molecular weight excluding hydrogens is 212 g/mol. The average Bonchev–Trinajstić information content (AvgIpc) is 2.40. The van der Waals surface area contributed by atoms with Gasteiger partial charge in [-0.15, -0.1) is 0 Å². The van der Waals surface area contributed by atoms with E-state index in [2.05, 4.69) is 12.1 Å². The first kappa shape index (κ1) is 11.5.